The maximum atomic E-state index is 11.9. The molecule has 2 aromatic rings. The topological polar surface area (TPSA) is 83.4 Å². The third-order valence-electron chi connectivity index (χ3n) is 3.64. The minimum Gasteiger partial charge on any atom is -0.282 e. The molecule has 1 saturated heterocycles. The maximum Gasteiger partial charge on any atom is 0.232 e. The Labute approximate surface area is 115 Å². The highest BCUT2D eigenvalue weighted by Gasteiger charge is 2.36. The van der Waals surface area contributed by atoms with Crippen molar-refractivity contribution < 1.29 is 9.59 Å². The number of imide groups is 1. The SMILES string of the molecule is Cc1cc2nc(C(C)CN3C(=O)CC(C)C3=O)nn2[nH]1. The Morgan fingerprint density at radius 2 is 2.25 bits per heavy atom. The molecule has 20 heavy (non-hydrogen) atoms. The summed E-state index contributed by atoms with van der Waals surface area (Å²) in [5, 5.41) is 7.39. The standard InChI is InChI=1S/C13H17N5O2/c1-7-4-11(19)17(13(7)20)6-8(2)12-14-10-5-9(3)15-18(10)16-12/h5,7-8,15H,4,6H2,1-3H3. The minimum atomic E-state index is -0.207. The molecule has 0 saturated carbocycles. The van der Waals surface area contributed by atoms with Gasteiger partial charge in [0.1, 0.15) is 0 Å². The second kappa shape index (κ2) is 4.43. The lowest BCUT2D eigenvalue weighted by atomic mass is 10.1. The van der Waals surface area contributed by atoms with Crippen LogP contribution in [-0.4, -0.2) is 43.1 Å². The van der Waals surface area contributed by atoms with Gasteiger partial charge >= 0.3 is 0 Å². The summed E-state index contributed by atoms with van der Waals surface area (Å²) in [5.41, 5.74) is 1.73. The van der Waals surface area contributed by atoms with E-state index in [9.17, 15) is 9.59 Å². The van der Waals surface area contributed by atoms with Crippen molar-refractivity contribution >= 4 is 17.5 Å². The van der Waals surface area contributed by atoms with E-state index >= 15 is 0 Å². The van der Waals surface area contributed by atoms with E-state index in [0.29, 0.717) is 18.8 Å². The average Bonchev–Trinajstić information content (AvgIpc) is 2.97. The van der Waals surface area contributed by atoms with Gasteiger partial charge in [-0.05, 0) is 6.92 Å². The monoisotopic (exact) mass is 275 g/mol. The number of nitrogens with zero attached hydrogens (tertiary/aromatic N) is 4. The van der Waals surface area contributed by atoms with E-state index in [1.54, 1.807) is 11.6 Å². The van der Waals surface area contributed by atoms with Crippen LogP contribution in [-0.2, 0) is 9.59 Å². The molecule has 2 amide bonds. The van der Waals surface area contributed by atoms with Crippen molar-refractivity contribution in [1.29, 1.82) is 0 Å². The van der Waals surface area contributed by atoms with Crippen molar-refractivity contribution in [2.24, 2.45) is 5.92 Å². The second-order valence-electron chi connectivity index (χ2n) is 5.53. The lowest BCUT2D eigenvalue weighted by Crippen LogP contribution is -2.33. The molecular weight excluding hydrogens is 258 g/mol. The van der Waals surface area contributed by atoms with Gasteiger partial charge in [-0.25, -0.2) is 4.98 Å². The van der Waals surface area contributed by atoms with Crippen LogP contribution in [0, 0.1) is 12.8 Å². The molecule has 2 aromatic heterocycles. The van der Waals surface area contributed by atoms with Gasteiger partial charge in [0, 0.05) is 36.6 Å². The number of nitrogens with one attached hydrogen (secondary N) is 1. The molecule has 2 atom stereocenters. The van der Waals surface area contributed by atoms with E-state index in [0.717, 1.165) is 11.3 Å². The van der Waals surface area contributed by atoms with Crippen molar-refractivity contribution in [3.05, 3.63) is 17.6 Å². The number of aryl methyl sites for hydroxylation is 1. The molecule has 3 rings (SSSR count). The highest BCUT2D eigenvalue weighted by molar-refractivity contribution is 6.03. The minimum absolute atomic E-state index is 0.0817. The maximum absolute atomic E-state index is 11.9. The summed E-state index contributed by atoms with van der Waals surface area (Å²) in [6, 6.07) is 1.90. The number of rotatable bonds is 3. The van der Waals surface area contributed by atoms with Gasteiger partial charge in [0.25, 0.3) is 0 Å². The number of H-pyrrole nitrogens is 1. The number of fused-ring (bicyclic) bond motifs is 1. The summed E-state index contributed by atoms with van der Waals surface area (Å²) >= 11 is 0. The molecule has 0 radical (unpaired) electrons. The number of hydrogen-bond donors (Lipinski definition) is 1. The van der Waals surface area contributed by atoms with Gasteiger partial charge in [0.15, 0.2) is 11.5 Å². The summed E-state index contributed by atoms with van der Waals surface area (Å²) < 4.78 is 1.61. The van der Waals surface area contributed by atoms with Gasteiger partial charge in [-0.3, -0.25) is 19.6 Å². The Kier molecular flexibility index (Phi) is 2.84. The van der Waals surface area contributed by atoms with Crippen LogP contribution >= 0.6 is 0 Å². The molecule has 1 aliphatic heterocycles. The van der Waals surface area contributed by atoms with Crippen LogP contribution in [0.15, 0.2) is 6.07 Å². The normalized spacial score (nSPS) is 21.1. The predicted octanol–water partition coefficient (Wildman–Crippen LogP) is 0.864. The lowest BCUT2D eigenvalue weighted by molar-refractivity contribution is -0.139. The Hall–Kier alpha value is -2.18. The fraction of sp³-hybridized carbons (Fsp3) is 0.538. The van der Waals surface area contributed by atoms with E-state index in [2.05, 4.69) is 15.2 Å². The van der Waals surface area contributed by atoms with Crippen LogP contribution in [0.2, 0.25) is 0 Å². The molecular formula is C13H17N5O2. The summed E-state index contributed by atoms with van der Waals surface area (Å²) in [6.07, 6.45) is 0.308. The van der Waals surface area contributed by atoms with Gasteiger partial charge < -0.3 is 0 Å². The van der Waals surface area contributed by atoms with Gasteiger partial charge in [-0.15, -0.1) is 5.10 Å². The fourth-order valence-corrected chi connectivity index (χ4v) is 2.51. The van der Waals surface area contributed by atoms with Gasteiger partial charge in [0.05, 0.1) is 0 Å². The molecule has 2 unspecified atom stereocenters. The second-order valence-corrected chi connectivity index (χ2v) is 5.53. The largest absolute Gasteiger partial charge is 0.282 e. The molecule has 7 heteroatoms. The first kappa shape index (κ1) is 12.8. The van der Waals surface area contributed by atoms with Crippen LogP contribution in [0.5, 0.6) is 0 Å². The first-order valence-electron chi connectivity index (χ1n) is 6.72. The van der Waals surface area contributed by atoms with E-state index in [1.165, 1.54) is 4.90 Å². The van der Waals surface area contributed by atoms with Crippen LogP contribution in [0.3, 0.4) is 0 Å². The zero-order chi connectivity index (χ0) is 14.4. The highest BCUT2D eigenvalue weighted by Crippen LogP contribution is 2.22. The zero-order valence-corrected chi connectivity index (χ0v) is 11.8. The third kappa shape index (κ3) is 1.99. The van der Waals surface area contributed by atoms with Crippen molar-refractivity contribution in [3.63, 3.8) is 0 Å². The van der Waals surface area contributed by atoms with Crippen molar-refractivity contribution in [3.8, 4) is 0 Å². The third-order valence-corrected chi connectivity index (χ3v) is 3.64. The first-order chi connectivity index (χ1) is 9.45. The molecule has 7 nitrogen and oxygen atoms in total. The predicted molar refractivity (Wildman–Crippen MR) is 71.0 cm³/mol. The molecule has 106 valence electrons. The lowest BCUT2D eigenvalue weighted by Gasteiger charge is -2.17. The number of aromatic nitrogens is 4. The summed E-state index contributed by atoms with van der Waals surface area (Å²) in [6.45, 7) is 5.98. The zero-order valence-electron chi connectivity index (χ0n) is 11.8. The van der Waals surface area contributed by atoms with E-state index in [1.807, 2.05) is 19.9 Å². The molecule has 1 aliphatic rings. The number of hydrogen-bond acceptors (Lipinski definition) is 4. The number of likely N-dealkylation sites (tertiary alicyclic amines) is 1. The van der Waals surface area contributed by atoms with Gasteiger partial charge in [-0.1, -0.05) is 13.8 Å². The number of carbonyl (C=O) groups excluding carboxylic acids is 2. The van der Waals surface area contributed by atoms with Crippen LogP contribution in [0.4, 0.5) is 0 Å². The van der Waals surface area contributed by atoms with E-state index < -0.39 is 0 Å². The molecule has 1 N–H and O–H groups in total. The fourth-order valence-electron chi connectivity index (χ4n) is 2.51. The molecule has 0 bridgehead atoms. The smallest absolute Gasteiger partial charge is 0.232 e. The Morgan fingerprint density at radius 3 is 2.85 bits per heavy atom. The first-order valence-corrected chi connectivity index (χ1v) is 6.72. The van der Waals surface area contributed by atoms with Crippen molar-refractivity contribution in [2.45, 2.75) is 33.1 Å². The van der Waals surface area contributed by atoms with Crippen LogP contribution in [0.25, 0.3) is 5.65 Å². The Morgan fingerprint density at radius 1 is 1.50 bits per heavy atom. The summed E-state index contributed by atoms with van der Waals surface area (Å²) in [4.78, 5) is 29.4. The molecule has 0 spiro atoms. The summed E-state index contributed by atoms with van der Waals surface area (Å²) in [5.74, 6) is 0.151. The quantitative estimate of drug-likeness (QED) is 0.842. The van der Waals surface area contributed by atoms with E-state index in [4.69, 9.17) is 0 Å². The van der Waals surface area contributed by atoms with Crippen molar-refractivity contribution in [2.75, 3.05) is 6.54 Å². The van der Waals surface area contributed by atoms with Crippen molar-refractivity contribution in [1.82, 2.24) is 24.7 Å². The summed E-state index contributed by atoms with van der Waals surface area (Å²) in [7, 11) is 0. The van der Waals surface area contributed by atoms with Gasteiger partial charge in [0.2, 0.25) is 11.8 Å². The van der Waals surface area contributed by atoms with E-state index in [-0.39, 0.29) is 23.7 Å². The number of carbonyl (C=O) groups is 2. The molecule has 0 aliphatic carbocycles. The Balaban J connectivity index is 1.78. The Bertz CT molecular complexity index is 655. The molecule has 0 aromatic carbocycles. The van der Waals surface area contributed by atoms with Crippen LogP contribution in [0.1, 0.15) is 37.7 Å². The highest BCUT2D eigenvalue weighted by atomic mass is 16.2. The van der Waals surface area contributed by atoms with Gasteiger partial charge in [-0.2, -0.15) is 4.63 Å². The average molecular weight is 275 g/mol. The molecule has 1 fully saturated rings. The number of aromatic amines is 1. The number of amides is 2. The molecule has 3 heterocycles. The van der Waals surface area contributed by atoms with Crippen LogP contribution < -0.4 is 0 Å².